The Morgan fingerprint density at radius 2 is 1.71 bits per heavy atom. The molecule has 1 unspecified atom stereocenters. The summed E-state index contributed by atoms with van der Waals surface area (Å²) < 4.78 is 13.8. The molecule has 2 aromatic carbocycles. The lowest BCUT2D eigenvalue weighted by molar-refractivity contribution is -0.121. The smallest absolute Gasteiger partial charge is 0.262 e. The Labute approximate surface area is 205 Å². The zero-order valence-corrected chi connectivity index (χ0v) is 19.8. The molecule has 11 heteroatoms. The molecule has 4 amide bonds. The zero-order chi connectivity index (χ0) is 24.9. The fourth-order valence-electron chi connectivity index (χ4n) is 3.75. The summed E-state index contributed by atoms with van der Waals surface area (Å²) in [6, 6.07) is 9.91. The predicted molar refractivity (Wildman–Crippen MR) is 132 cm³/mol. The third-order valence-corrected chi connectivity index (χ3v) is 6.82. The number of carbonyl (C=O) groups is 4. The topological polar surface area (TPSA) is 120 Å². The van der Waals surface area contributed by atoms with Crippen molar-refractivity contribution in [1.29, 1.82) is 0 Å². The van der Waals surface area contributed by atoms with Gasteiger partial charge < -0.3 is 20.9 Å². The molecule has 1 fully saturated rings. The summed E-state index contributed by atoms with van der Waals surface area (Å²) in [7, 11) is 1.39. The number of amidine groups is 1. The summed E-state index contributed by atoms with van der Waals surface area (Å²) in [6.45, 7) is 1.77. The van der Waals surface area contributed by atoms with Crippen LogP contribution in [0.2, 0.25) is 0 Å². The molecule has 0 saturated carbocycles. The van der Waals surface area contributed by atoms with Gasteiger partial charge in [0.2, 0.25) is 5.91 Å². The van der Waals surface area contributed by atoms with Crippen molar-refractivity contribution in [3.05, 3.63) is 59.4 Å². The van der Waals surface area contributed by atoms with E-state index < -0.39 is 22.9 Å². The van der Waals surface area contributed by atoms with Crippen LogP contribution in [0.25, 0.3) is 0 Å². The highest BCUT2D eigenvalue weighted by Crippen LogP contribution is 2.29. The lowest BCUT2D eigenvalue weighted by atomic mass is 10.1. The van der Waals surface area contributed by atoms with Crippen LogP contribution in [0.1, 0.15) is 40.0 Å². The molecule has 2 aromatic rings. The number of rotatable bonds is 6. The number of benzene rings is 2. The van der Waals surface area contributed by atoms with E-state index in [1.54, 1.807) is 12.1 Å². The van der Waals surface area contributed by atoms with Gasteiger partial charge in [0.15, 0.2) is 5.17 Å². The number of likely N-dealkylation sites (tertiary alicyclic amines) is 1. The number of hydrogen-bond donors (Lipinski definition) is 3. The third kappa shape index (κ3) is 5.86. The van der Waals surface area contributed by atoms with E-state index in [4.69, 9.17) is 0 Å². The Kier molecular flexibility index (Phi) is 7.45. The predicted octanol–water partition coefficient (Wildman–Crippen LogP) is 2.86. The maximum Gasteiger partial charge on any atom is 0.262 e. The van der Waals surface area contributed by atoms with Crippen LogP contribution < -0.4 is 16.0 Å². The normalized spacial score (nSPS) is 17.2. The summed E-state index contributed by atoms with van der Waals surface area (Å²) in [4.78, 5) is 55.1. The standard InChI is InChI=1S/C24H24FN5O4S/c1-26-22(33)17-12-16(8-9-18(17)25)28-21(32)14-4-6-15(7-5-14)27-20(31)13-19-23(34)29-24(35-19)30-10-2-3-11-30/h4-9,12,19H,2-3,10-11,13H2,1H3,(H,26,33)(H,27,31)(H,28,32). The van der Waals surface area contributed by atoms with Crippen molar-refractivity contribution < 1.29 is 23.6 Å². The maximum atomic E-state index is 13.8. The fourth-order valence-corrected chi connectivity index (χ4v) is 4.87. The molecule has 2 heterocycles. The molecule has 0 bridgehead atoms. The first-order chi connectivity index (χ1) is 16.8. The highest BCUT2D eigenvalue weighted by molar-refractivity contribution is 8.15. The van der Waals surface area contributed by atoms with Gasteiger partial charge >= 0.3 is 0 Å². The summed E-state index contributed by atoms with van der Waals surface area (Å²) >= 11 is 1.33. The zero-order valence-electron chi connectivity index (χ0n) is 19.0. The minimum absolute atomic E-state index is 0.00478. The average molecular weight is 498 g/mol. The Balaban J connectivity index is 1.31. The van der Waals surface area contributed by atoms with Crippen LogP contribution in [0, 0.1) is 5.82 Å². The Morgan fingerprint density at radius 3 is 2.40 bits per heavy atom. The van der Waals surface area contributed by atoms with E-state index in [-0.39, 0.29) is 29.5 Å². The number of amides is 4. The summed E-state index contributed by atoms with van der Waals surface area (Å²) in [5.74, 6) is -2.37. The largest absolute Gasteiger partial charge is 0.355 e. The average Bonchev–Trinajstić information content (AvgIpc) is 3.50. The van der Waals surface area contributed by atoms with Crippen LogP contribution in [0.5, 0.6) is 0 Å². The molecule has 0 aliphatic carbocycles. The third-order valence-electron chi connectivity index (χ3n) is 5.60. The molecular formula is C24H24FN5O4S. The maximum absolute atomic E-state index is 13.8. The van der Waals surface area contributed by atoms with Crippen molar-refractivity contribution in [2.24, 2.45) is 4.99 Å². The van der Waals surface area contributed by atoms with Gasteiger partial charge in [-0.25, -0.2) is 4.39 Å². The van der Waals surface area contributed by atoms with E-state index in [1.165, 1.54) is 43.1 Å². The number of hydrogen-bond acceptors (Lipinski definition) is 6. The van der Waals surface area contributed by atoms with Crippen molar-refractivity contribution in [2.45, 2.75) is 24.5 Å². The molecule has 35 heavy (non-hydrogen) atoms. The van der Waals surface area contributed by atoms with Crippen LogP contribution in [-0.4, -0.2) is 59.1 Å². The van der Waals surface area contributed by atoms with E-state index in [0.29, 0.717) is 16.4 Å². The van der Waals surface area contributed by atoms with Gasteiger partial charge in [0.05, 0.1) is 5.56 Å². The first-order valence-corrected chi connectivity index (χ1v) is 12.0. The monoisotopic (exact) mass is 497 g/mol. The Bertz CT molecular complexity index is 1190. The SMILES string of the molecule is CNC(=O)c1cc(NC(=O)c2ccc(NC(=O)CC3SC(N4CCCC4)=NC3=O)cc2)ccc1F. The molecule has 0 aromatic heterocycles. The minimum atomic E-state index is -0.695. The first kappa shape index (κ1) is 24.4. The van der Waals surface area contributed by atoms with Crippen LogP contribution in [-0.2, 0) is 9.59 Å². The van der Waals surface area contributed by atoms with E-state index in [2.05, 4.69) is 25.8 Å². The Morgan fingerprint density at radius 1 is 1.03 bits per heavy atom. The highest BCUT2D eigenvalue weighted by Gasteiger charge is 2.33. The second-order valence-electron chi connectivity index (χ2n) is 8.09. The molecule has 0 radical (unpaired) electrons. The molecule has 2 aliphatic heterocycles. The van der Waals surface area contributed by atoms with Gasteiger partial charge in [0.1, 0.15) is 11.1 Å². The van der Waals surface area contributed by atoms with Gasteiger partial charge in [0, 0.05) is 43.5 Å². The summed E-state index contributed by atoms with van der Waals surface area (Å²) in [5.41, 5.74) is 0.868. The van der Waals surface area contributed by atoms with Gasteiger partial charge in [-0.05, 0) is 55.3 Å². The van der Waals surface area contributed by atoms with Crippen LogP contribution in [0.15, 0.2) is 47.5 Å². The minimum Gasteiger partial charge on any atom is -0.355 e. The molecule has 2 aliphatic rings. The van der Waals surface area contributed by atoms with Crippen molar-refractivity contribution in [2.75, 3.05) is 30.8 Å². The second-order valence-corrected chi connectivity index (χ2v) is 9.26. The number of carbonyl (C=O) groups excluding carboxylic acids is 4. The van der Waals surface area contributed by atoms with Crippen molar-refractivity contribution in [3.8, 4) is 0 Å². The van der Waals surface area contributed by atoms with Gasteiger partial charge in [-0.3, -0.25) is 19.2 Å². The highest BCUT2D eigenvalue weighted by atomic mass is 32.2. The number of halogens is 1. The molecule has 182 valence electrons. The summed E-state index contributed by atoms with van der Waals surface area (Å²) in [5, 5.41) is 7.85. The lowest BCUT2D eigenvalue weighted by Gasteiger charge is -2.16. The van der Waals surface area contributed by atoms with Crippen molar-refractivity contribution in [1.82, 2.24) is 10.2 Å². The summed E-state index contributed by atoms with van der Waals surface area (Å²) in [6.07, 6.45) is 2.16. The van der Waals surface area contributed by atoms with Gasteiger partial charge in [-0.1, -0.05) is 11.8 Å². The second kappa shape index (κ2) is 10.7. The molecule has 1 saturated heterocycles. The van der Waals surface area contributed by atoms with Gasteiger partial charge in [-0.2, -0.15) is 4.99 Å². The molecule has 3 N–H and O–H groups in total. The van der Waals surface area contributed by atoms with Gasteiger partial charge in [0.25, 0.3) is 17.7 Å². The number of nitrogens with zero attached hydrogens (tertiary/aromatic N) is 2. The van der Waals surface area contributed by atoms with E-state index >= 15 is 0 Å². The number of thioether (sulfide) groups is 1. The molecule has 4 rings (SSSR count). The fraction of sp³-hybridized carbons (Fsp3) is 0.292. The van der Waals surface area contributed by atoms with E-state index in [9.17, 15) is 23.6 Å². The van der Waals surface area contributed by atoms with Crippen molar-refractivity contribution >= 4 is 51.9 Å². The first-order valence-electron chi connectivity index (χ1n) is 11.1. The molecule has 9 nitrogen and oxygen atoms in total. The molecule has 0 spiro atoms. The van der Waals surface area contributed by atoms with Crippen LogP contribution in [0.3, 0.4) is 0 Å². The number of aliphatic imine (C=N–C) groups is 1. The van der Waals surface area contributed by atoms with Gasteiger partial charge in [-0.15, -0.1) is 0 Å². The van der Waals surface area contributed by atoms with E-state index in [1.807, 2.05) is 0 Å². The quantitative estimate of drug-likeness (QED) is 0.565. The lowest BCUT2D eigenvalue weighted by Crippen LogP contribution is -2.25. The molecule has 1 atom stereocenters. The molecular weight excluding hydrogens is 473 g/mol. The van der Waals surface area contributed by atoms with E-state index in [0.717, 1.165) is 32.0 Å². The number of nitrogens with one attached hydrogen (secondary N) is 3. The van der Waals surface area contributed by atoms with Crippen LogP contribution >= 0.6 is 11.8 Å². The van der Waals surface area contributed by atoms with Crippen molar-refractivity contribution in [3.63, 3.8) is 0 Å². The Hall–Kier alpha value is -3.73. The number of anilines is 2. The van der Waals surface area contributed by atoms with Crippen LogP contribution in [0.4, 0.5) is 15.8 Å².